The maximum absolute atomic E-state index is 13.1. The molecule has 1 N–H and O–H groups in total. The molecule has 10 heteroatoms. The molecule has 0 bridgehead atoms. The lowest BCUT2D eigenvalue weighted by Crippen LogP contribution is -2.48. The number of piperazine rings is 1. The van der Waals surface area contributed by atoms with Crippen LogP contribution in [0.4, 0.5) is 21.0 Å². The Morgan fingerprint density at radius 3 is 2.16 bits per heavy atom. The summed E-state index contributed by atoms with van der Waals surface area (Å²) in [5, 5.41) is 6.73. The molecule has 10 nitrogen and oxygen atoms in total. The van der Waals surface area contributed by atoms with E-state index in [9.17, 15) is 15.1 Å². The summed E-state index contributed by atoms with van der Waals surface area (Å²) in [6, 6.07) is 18.5. The van der Waals surface area contributed by atoms with Gasteiger partial charge in [0.15, 0.2) is 0 Å². The highest BCUT2D eigenvalue weighted by Gasteiger charge is 2.30. The van der Waals surface area contributed by atoms with Crippen LogP contribution in [-0.4, -0.2) is 60.4 Å². The number of rotatable bonds is 6. The molecule has 1 fully saturated rings. The fourth-order valence-corrected chi connectivity index (χ4v) is 5.87. The predicted molar refractivity (Wildman–Crippen MR) is 166 cm³/mol. The average molecular weight is 583 g/mol. The van der Waals surface area contributed by atoms with Gasteiger partial charge in [-0.1, -0.05) is 53.6 Å². The minimum absolute atomic E-state index is 0.0240. The molecule has 0 saturated carbocycles. The third-order valence-electron chi connectivity index (χ3n) is 8.06. The molecule has 43 heavy (non-hydrogen) atoms. The van der Waals surface area contributed by atoms with Crippen molar-refractivity contribution in [1.29, 1.82) is 0 Å². The Kier molecular flexibility index (Phi) is 8.62. The number of ether oxygens (including phenoxy) is 2. The number of hydrogen-bond acceptors (Lipinski definition) is 6. The van der Waals surface area contributed by atoms with Gasteiger partial charge in [-0.3, -0.25) is 10.2 Å². The third-order valence-corrected chi connectivity index (χ3v) is 8.06. The number of amides is 2. The number of hydrogen-bond donors (Lipinski definition) is 1. The van der Waals surface area contributed by atoms with Gasteiger partial charge in [-0.2, -0.15) is 0 Å². The first-order chi connectivity index (χ1) is 20.6. The lowest BCUT2D eigenvalue weighted by atomic mass is 9.98. The van der Waals surface area contributed by atoms with Gasteiger partial charge in [0.1, 0.15) is 12.2 Å². The van der Waals surface area contributed by atoms with Gasteiger partial charge in [0.05, 0.1) is 0 Å². The normalized spacial score (nSPS) is 14.9. The molecule has 2 amide bonds. The first kappa shape index (κ1) is 29.9. The molecular formula is C33H38N6O4. The van der Waals surface area contributed by atoms with Crippen LogP contribution in [-0.2, 0) is 16.0 Å². The minimum atomic E-state index is -0.647. The van der Waals surface area contributed by atoms with E-state index in [-0.39, 0.29) is 12.0 Å². The van der Waals surface area contributed by atoms with E-state index in [4.69, 9.17) is 9.47 Å². The smallest absolute Gasteiger partial charge is 0.412 e. The summed E-state index contributed by atoms with van der Waals surface area (Å²) in [6.07, 6.45) is -0.878. The van der Waals surface area contributed by atoms with E-state index in [2.05, 4.69) is 44.5 Å². The van der Waals surface area contributed by atoms with Crippen molar-refractivity contribution < 1.29 is 19.1 Å². The number of fused-ring (bicyclic) bond motifs is 3. The summed E-state index contributed by atoms with van der Waals surface area (Å²) in [5.41, 5.74) is 16.8. The van der Waals surface area contributed by atoms with E-state index in [1.807, 2.05) is 37.3 Å². The summed E-state index contributed by atoms with van der Waals surface area (Å²) in [7, 11) is 0. The highest BCUT2D eigenvalue weighted by atomic mass is 16.6. The second-order valence-corrected chi connectivity index (χ2v) is 12.1. The van der Waals surface area contributed by atoms with Gasteiger partial charge in [-0.15, -0.1) is 0 Å². The number of anilines is 1. The molecule has 1 aliphatic carbocycles. The first-order valence-electron chi connectivity index (χ1n) is 14.6. The monoisotopic (exact) mass is 582 g/mol. The van der Waals surface area contributed by atoms with E-state index in [0.29, 0.717) is 56.3 Å². The Morgan fingerprint density at radius 1 is 0.977 bits per heavy atom. The zero-order valence-corrected chi connectivity index (χ0v) is 25.4. The van der Waals surface area contributed by atoms with Gasteiger partial charge < -0.3 is 14.4 Å². The van der Waals surface area contributed by atoms with Crippen molar-refractivity contribution in [1.82, 2.24) is 9.80 Å². The molecule has 0 radical (unpaired) electrons. The van der Waals surface area contributed by atoms with Gasteiger partial charge in [-0.25, -0.2) is 9.59 Å². The number of benzene rings is 3. The summed E-state index contributed by atoms with van der Waals surface area (Å²) < 4.78 is 11.3. The average Bonchev–Trinajstić information content (AvgIpc) is 3.29. The molecule has 224 valence electrons. The van der Waals surface area contributed by atoms with E-state index in [1.54, 1.807) is 32.6 Å². The second kappa shape index (κ2) is 12.4. The quantitative estimate of drug-likeness (QED) is 0.182. The number of carbonyl (C=O) groups is 2. The standard InChI is InChI=1S/C33H38N6O4/c1-21-23(18-29(22(2)30(21)36-37-34)35-31(40)43-33(3,4)5)19-38-14-16-39(17-15-38)32(41)42-20-28-26-12-8-6-10-24(26)25-11-7-9-13-27(25)28/h6-13,18,28H,14-17,19-20H2,1-5H3,(H,35,40). The van der Waals surface area contributed by atoms with Gasteiger partial charge in [-0.05, 0) is 85.2 Å². The first-order valence-corrected chi connectivity index (χ1v) is 14.6. The molecule has 0 unspecified atom stereocenters. The largest absolute Gasteiger partial charge is 0.448 e. The van der Waals surface area contributed by atoms with Crippen LogP contribution in [0.25, 0.3) is 21.6 Å². The molecule has 3 aromatic rings. The molecule has 2 aliphatic rings. The van der Waals surface area contributed by atoms with Crippen LogP contribution in [0.5, 0.6) is 0 Å². The molecule has 3 aromatic carbocycles. The van der Waals surface area contributed by atoms with Crippen LogP contribution in [0.15, 0.2) is 59.7 Å². The molecule has 0 atom stereocenters. The van der Waals surface area contributed by atoms with Gasteiger partial charge in [0, 0.05) is 54.9 Å². The van der Waals surface area contributed by atoms with Crippen molar-refractivity contribution in [2.45, 2.75) is 52.7 Å². The van der Waals surface area contributed by atoms with Crippen molar-refractivity contribution >= 4 is 23.6 Å². The van der Waals surface area contributed by atoms with Crippen molar-refractivity contribution in [3.8, 4) is 11.1 Å². The van der Waals surface area contributed by atoms with Gasteiger partial charge in [0.2, 0.25) is 0 Å². The summed E-state index contributed by atoms with van der Waals surface area (Å²) in [6.45, 7) is 12.4. The van der Waals surface area contributed by atoms with Crippen molar-refractivity contribution in [3.63, 3.8) is 0 Å². The Morgan fingerprint density at radius 2 is 1.58 bits per heavy atom. The molecule has 0 spiro atoms. The lowest BCUT2D eigenvalue weighted by molar-refractivity contribution is 0.0635. The summed E-state index contributed by atoms with van der Waals surface area (Å²) >= 11 is 0. The lowest BCUT2D eigenvalue weighted by Gasteiger charge is -2.34. The highest BCUT2D eigenvalue weighted by molar-refractivity contribution is 5.88. The van der Waals surface area contributed by atoms with E-state index in [1.165, 1.54) is 22.3 Å². The maximum Gasteiger partial charge on any atom is 0.412 e. The molecule has 1 saturated heterocycles. The Balaban J connectivity index is 1.21. The topological polar surface area (TPSA) is 120 Å². The SMILES string of the molecule is Cc1c(CN2CCN(C(=O)OCC3c4ccccc4-c4ccccc43)CC2)cc(NC(=O)OC(C)(C)C)c(C)c1N=[N+]=[N-]. The number of azide groups is 1. The Bertz CT molecular complexity index is 1540. The van der Waals surface area contributed by atoms with Crippen LogP contribution < -0.4 is 5.32 Å². The van der Waals surface area contributed by atoms with E-state index in [0.717, 1.165) is 11.1 Å². The Labute approximate surface area is 252 Å². The van der Waals surface area contributed by atoms with Crippen LogP contribution in [0.3, 0.4) is 0 Å². The maximum atomic E-state index is 13.1. The minimum Gasteiger partial charge on any atom is -0.448 e. The van der Waals surface area contributed by atoms with Crippen LogP contribution in [0.2, 0.25) is 0 Å². The van der Waals surface area contributed by atoms with Gasteiger partial charge in [0.25, 0.3) is 0 Å². The predicted octanol–water partition coefficient (Wildman–Crippen LogP) is 7.66. The highest BCUT2D eigenvalue weighted by Crippen LogP contribution is 2.44. The summed E-state index contributed by atoms with van der Waals surface area (Å²) in [5.74, 6) is 0.0240. The third kappa shape index (κ3) is 6.61. The molecule has 5 rings (SSSR count). The zero-order chi connectivity index (χ0) is 30.7. The van der Waals surface area contributed by atoms with E-state index < -0.39 is 11.7 Å². The van der Waals surface area contributed by atoms with Crippen molar-refractivity contribution in [3.05, 3.63) is 92.9 Å². The van der Waals surface area contributed by atoms with Crippen LogP contribution >= 0.6 is 0 Å². The zero-order valence-electron chi connectivity index (χ0n) is 25.4. The van der Waals surface area contributed by atoms with Gasteiger partial charge >= 0.3 is 12.2 Å². The summed E-state index contributed by atoms with van der Waals surface area (Å²) in [4.78, 5) is 32.6. The number of carbonyl (C=O) groups excluding carboxylic acids is 2. The fourth-order valence-electron chi connectivity index (χ4n) is 5.87. The second-order valence-electron chi connectivity index (χ2n) is 12.1. The fraction of sp³-hybridized carbons (Fsp3) is 0.394. The van der Waals surface area contributed by atoms with E-state index >= 15 is 0 Å². The molecule has 0 aromatic heterocycles. The molecule has 1 aliphatic heterocycles. The van der Waals surface area contributed by atoms with Crippen LogP contribution in [0, 0.1) is 13.8 Å². The Hall–Kier alpha value is -4.53. The van der Waals surface area contributed by atoms with Crippen molar-refractivity contribution in [2.24, 2.45) is 5.11 Å². The van der Waals surface area contributed by atoms with Crippen LogP contribution in [0.1, 0.15) is 54.5 Å². The number of nitrogens with zero attached hydrogens (tertiary/aromatic N) is 5. The molecule has 1 heterocycles. The van der Waals surface area contributed by atoms with Crippen molar-refractivity contribution in [2.75, 3.05) is 38.1 Å². The number of nitrogens with one attached hydrogen (secondary N) is 1. The molecular weight excluding hydrogens is 544 g/mol.